The quantitative estimate of drug-likeness (QED) is 0.219. The molecular formula is C13H25IS2. The third-order valence-corrected chi connectivity index (χ3v) is 7.25. The molecule has 0 aromatic rings. The molecule has 0 amide bonds. The Labute approximate surface area is 123 Å². The van der Waals surface area contributed by atoms with E-state index >= 15 is 0 Å². The van der Waals surface area contributed by atoms with E-state index in [-0.39, 0.29) is 0 Å². The van der Waals surface area contributed by atoms with Crippen LogP contribution in [0.5, 0.6) is 0 Å². The van der Waals surface area contributed by atoms with Gasteiger partial charge in [-0.2, -0.15) is 0 Å². The van der Waals surface area contributed by atoms with Gasteiger partial charge in [-0.1, -0.05) is 83.2 Å². The van der Waals surface area contributed by atoms with E-state index in [2.05, 4.69) is 51.1 Å². The monoisotopic (exact) mass is 372 g/mol. The molecule has 1 aliphatic rings. The predicted molar refractivity (Wildman–Crippen MR) is 88.9 cm³/mol. The maximum Gasteiger partial charge on any atom is 0.0161 e. The highest BCUT2D eigenvalue weighted by Gasteiger charge is 2.20. The second-order valence-electron chi connectivity index (χ2n) is 4.72. The van der Waals surface area contributed by atoms with E-state index in [9.17, 15) is 0 Å². The van der Waals surface area contributed by atoms with Crippen molar-refractivity contribution in [3.8, 4) is 0 Å². The van der Waals surface area contributed by atoms with E-state index in [1.165, 1.54) is 63.5 Å². The van der Waals surface area contributed by atoms with Crippen molar-refractivity contribution in [1.82, 2.24) is 0 Å². The zero-order valence-electron chi connectivity index (χ0n) is 10.4. The average Bonchev–Trinajstić information content (AvgIpc) is 2.28. The van der Waals surface area contributed by atoms with Crippen molar-refractivity contribution in [3.05, 3.63) is 0 Å². The molecule has 1 rings (SSSR count). The minimum absolute atomic E-state index is 0.953. The maximum absolute atomic E-state index is 2.63. The molecule has 0 aromatic carbocycles. The van der Waals surface area contributed by atoms with Gasteiger partial charge in [0.15, 0.2) is 0 Å². The third-order valence-electron chi connectivity index (χ3n) is 3.10. The summed E-state index contributed by atoms with van der Waals surface area (Å²) in [4.78, 5) is 0. The summed E-state index contributed by atoms with van der Waals surface area (Å²) in [6, 6.07) is 0. The van der Waals surface area contributed by atoms with Gasteiger partial charge in [-0.15, -0.1) is 0 Å². The Balaban J connectivity index is 1.86. The molecule has 0 N–H and O–H groups in total. The second kappa shape index (κ2) is 10.4. The molecule has 2 unspecified atom stereocenters. The second-order valence-corrected chi connectivity index (χ2v) is 9.27. The molecule has 2 atom stereocenters. The lowest BCUT2D eigenvalue weighted by Crippen LogP contribution is -2.15. The summed E-state index contributed by atoms with van der Waals surface area (Å²) in [6.07, 6.45) is 12.9. The normalized spacial score (nSPS) is 25.9. The van der Waals surface area contributed by atoms with Crippen LogP contribution in [0.15, 0.2) is 0 Å². The van der Waals surface area contributed by atoms with Crippen LogP contribution in [0.25, 0.3) is 0 Å². The molecule has 96 valence electrons. The van der Waals surface area contributed by atoms with Crippen LogP contribution in [0.3, 0.4) is 0 Å². The molecular weight excluding hydrogens is 347 g/mol. The zero-order valence-corrected chi connectivity index (χ0v) is 14.2. The van der Waals surface area contributed by atoms with E-state index in [0.29, 0.717) is 0 Å². The van der Waals surface area contributed by atoms with Crippen LogP contribution >= 0.6 is 44.2 Å². The number of unbranched alkanes of at least 4 members (excludes halogenated alkanes) is 4. The van der Waals surface area contributed by atoms with E-state index in [1.54, 1.807) is 0 Å². The molecule has 1 aliphatic carbocycles. The molecule has 1 fully saturated rings. The highest BCUT2D eigenvalue weighted by atomic mass is 127. The minimum atomic E-state index is 0.953. The molecule has 3 heteroatoms. The Morgan fingerprint density at radius 2 is 1.94 bits per heavy atom. The molecule has 1 saturated carbocycles. The van der Waals surface area contributed by atoms with Gasteiger partial charge in [-0.3, -0.25) is 0 Å². The molecule has 0 heterocycles. The first-order valence-corrected chi connectivity index (χ1v) is 10.4. The molecule has 0 radical (unpaired) electrons. The average molecular weight is 372 g/mol. The van der Waals surface area contributed by atoms with Crippen LogP contribution in [-0.2, 0) is 0 Å². The van der Waals surface area contributed by atoms with Crippen LogP contribution in [0.2, 0.25) is 0 Å². The van der Waals surface area contributed by atoms with Gasteiger partial charge in [0.05, 0.1) is 0 Å². The number of rotatable bonds is 8. The number of hydrogen-bond donors (Lipinski definition) is 0. The maximum atomic E-state index is 2.63. The number of alkyl halides is 1. The Hall–Kier alpha value is 1.43. The molecule has 0 aromatic heterocycles. The van der Waals surface area contributed by atoms with Gasteiger partial charge >= 0.3 is 0 Å². The fourth-order valence-electron chi connectivity index (χ4n) is 2.08. The van der Waals surface area contributed by atoms with Crippen LogP contribution in [0, 0.1) is 0 Å². The van der Waals surface area contributed by atoms with E-state index in [4.69, 9.17) is 0 Å². The van der Waals surface area contributed by atoms with Crippen molar-refractivity contribution in [2.75, 3.05) is 5.75 Å². The SMILES string of the molecule is CCCCCCCSSC1CCCC(I)C1. The fraction of sp³-hybridized carbons (Fsp3) is 1.00. The Morgan fingerprint density at radius 1 is 1.12 bits per heavy atom. The lowest BCUT2D eigenvalue weighted by atomic mass is 10.0. The van der Waals surface area contributed by atoms with Crippen LogP contribution in [0.4, 0.5) is 0 Å². The third kappa shape index (κ3) is 7.70. The van der Waals surface area contributed by atoms with Crippen molar-refractivity contribution in [2.24, 2.45) is 0 Å². The molecule has 0 saturated heterocycles. The summed E-state index contributed by atoms with van der Waals surface area (Å²) in [6.45, 7) is 2.29. The Kier molecular flexibility index (Phi) is 10.0. The summed E-state index contributed by atoms with van der Waals surface area (Å²) in [7, 11) is 4.31. The summed E-state index contributed by atoms with van der Waals surface area (Å²) < 4.78 is 0.953. The summed E-state index contributed by atoms with van der Waals surface area (Å²) >= 11 is 2.63. The van der Waals surface area contributed by atoms with Crippen molar-refractivity contribution in [3.63, 3.8) is 0 Å². The molecule has 0 spiro atoms. The van der Waals surface area contributed by atoms with Crippen LogP contribution < -0.4 is 0 Å². The first-order chi connectivity index (χ1) is 7.83. The van der Waals surface area contributed by atoms with E-state index in [1.807, 2.05) is 0 Å². The topological polar surface area (TPSA) is 0 Å². The van der Waals surface area contributed by atoms with Gasteiger partial charge in [-0.05, 0) is 25.7 Å². The van der Waals surface area contributed by atoms with Crippen LogP contribution in [0.1, 0.15) is 64.7 Å². The predicted octanol–water partition coefficient (Wildman–Crippen LogP) is 6.08. The van der Waals surface area contributed by atoms with Crippen molar-refractivity contribution in [2.45, 2.75) is 73.9 Å². The van der Waals surface area contributed by atoms with E-state index < -0.39 is 0 Å². The fourth-order valence-corrected chi connectivity index (χ4v) is 6.41. The molecule has 0 aliphatic heterocycles. The smallest absolute Gasteiger partial charge is 0.0161 e. The van der Waals surface area contributed by atoms with Crippen molar-refractivity contribution < 1.29 is 0 Å². The minimum Gasteiger partial charge on any atom is -0.0939 e. The summed E-state index contributed by atoms with van der Waals surface area (Å²) in [5.74, 6) is 1.37. The molecule has 0 nitrogen and oxygen atoms in total. The van der Waals surface area contributed by atoms with Crippen molar-refractivity contribution in [1.29, 1.82) is 0 Å². The van der Waals surface area contributed by atoms with Gasteiger partial charge in [0.25, 0.3) is 0 Å². The lowest BCUT2D eigenvalue weighted by molar-refractivity contribution is 0.542. The van der Waals surface area contributed by atoms with Gasteiger partial charge in [0, 0.05) is 14.9 Å². The summed E-state index contributed by atoms with van der Waals surface area (Å²) in [5, 5.41) is 0.955. The van der Waals surface area contributed by atoms with Gasteiger partial charge in [0.2, 0.25) is 0 Å². The largest absolute Gasteiger partial charge is 0.0939 e. The summed E-state index contributed by atoms with van der Waals surface area (Å²) in [5.41, 5.74) is 0. The Bertz CT molecular complexity index is 164. The highest BCUT2D eigenvalue weighted by molar-refractivity contribution is 14.1. The van der Waals surface area contributed by atoms with Gasteiger partial charge < -0.3 is 0 Å². The number of halogens is 1. The van der Waals surface area contributed by atoms with Crippen LogP contribution in [-0.4, -0.2) is 14.9 Å². The van der Waals surface area contributed by atoms with Crippen molar-refractivity contribution >= 4 is 44.2 Å². The van der Waals surface area contributed by atoms with Gasteiger partial charge in [0.1, 0.15) is 0 Å². The Morgan fingerprint density at radius 3 is 2.69 bits per heavy atom. The van der Waals surface area contributed by atoms with Gasteiger partial charge in [-0.25, -0.2) is 0 Å². The first kappa shape index (κ1) is 15.5. The molecule has 0 bridgehead atoms. The zero-order chi connectivity index (χ0) is 11.6. The van der Waals surface area contributed by atoms with E-state index in [0.717, 1.165) is 9.17 Å². The lowest BCUT2D eigenvalue weighted by Gasteiger charge is -2.24. The molecule has 16 heavy (non-hydrogen) atoms. The standard InChI is InChI=1S/C13H25IS2/c1-2-3-4-5-6-10-15-16-13-9-7-8-12(14)11-13/h12-13H,2-11H2,1H3. The number of hydrogen-bond acceptors (Lipinski definition) is 2. The first-order valence-electron chi connectivity index (χ1n) is 6.75. The highest BCUT2D eigenvalue weighted by Crippen LogP contribution is 2.38.